The van der Waals surface area contributed by atoms with Crippen molar-refractivity contribution in [2.24, 2.45) is 0 Å². The van der Waals surface area contributed by atoms with Crippen LogP contribution in [0.1, 0.15) is 16.1 Å². The number of rotatable bonds is 4. The van der Waals surface area contributed by atoms with Gasteiger partial charge in [0, 0.05) is 38.4 Å². The third-order valence-corrected chi connectivity index (χ3v) is 4.30. The number of pyridine rings is 1. The molecular formula is C15H18N6S. The van der Waals surface area contributed by atoms with E-state index in [0.717, 1.165) is 44.2 Å². The van der Waals surface area contributed by atoms with Crippen LogP contribution < -0.4 is 10.6 Å². The van der Waals surface area contributed by atoms with E-state index < -0.39 is 0 Å². The van der Waals surface area contributed by atoms with Gasteiger partial charge in [0.05, 0.1) is 6.20 Å². The van der Waals surface area contributed by atoms with Crippen LogP contribution in [0.2, 0.25) is 0 Å². The second kappa shape index (κ2) is 6.83. The predicted octanol–water partition coefficient (Wildman–Crippen LogP) is 1.87. The monoisotopic (exact) mass is 314 g/mol. The van der Waals surface area contributed by atoms with Crippen LogP contribution in [0.5, 0.6) is 0 Å². The van der Waals surface area contributed by atoms with Gasteiger partial charge in [-0.1, -0.05) is 11.3 Å². The minimum Gasteiger partial charge on any atom is -0.316 e. The van der Waals surface area contributed by atoms with E-state index >= 15 is 0 Å². The average Bonchev–Trinajstić information content (AvgIpc) is 2.95. The SMILES string of the molecule is Cc1cc(CN2CCNCC2)cc(Nc2ncc(C#N)s2)n1. The molecule has 0 amide bonds. The molecule has 7 heteroatoms. The molecule has 0 aliphatic carbocycles. The van der Waals surface area contributed by atoms with Gasteiger partial charge < -0.3 is 10.6 Å². The summed E-state index contributed by atoms with van der Waals surface area (Å²) in [4.78, 5) is 11.7. The van der Waals surface area contributed by atoms with Crippen molar-refractivity contribution in [3.05, 3.63) is 34.5 Å². The first kappa shape index (κ1) is 14.9. The molecule has 0 atom stereocenters. The molecule has 1 aliphatic rings. The molecule has 22 heavy (non-hydrogen) atoms. The molecule has 0 aromatic carbocycles. The van der Waals surface area contributed by atoms with Gasteiger partial charge in [0.1, 0.15) is 16.8 Å². The van der Waals surface area contributed by atoms with Gasteiger partial charge in [-0.15, -0.1) is 0 Å². The van der Waals surface area contributed by atoms with Crippen molar-refractivity contribution in [1.29, 1.82) is 5.26 Å². The van der Waals surface area contributed by atoms with Crippen molar-refractivity contribution in [1.82, 2.24) is 20.2 Å². The van der Waals surface area contributed by atoms with Crippen LogP contribution in [-0.2, 0) is 6.54 Å². The van der Waals surface area contributed by atoms with Gasteiger partial charge in [-0.2, -0.15) is 5.26 Å². The fourth-order valence-electron chi connectivity index (χ4n) is 2.52. The lowest BCUT2D eigenvalue weighted by atomic mass is 10.2. The van der Waals surface area contributed by atoms with Crippen molar-refractivity contribution in [3.63, 3.8) is 0 Å². The van der Waals surface area contributed by atoms with Gasteiger partial charge in [-0.3, -0.25) is 4.90 Å². The van der Waals surface area contributed by atoms with E-state index in [4.69, 9.17) is 5.26 Å². The molecule has 2 N–H and O–H groups in total. The zero-order valence-electron chi connectivity index (χ0n) is 12.5. The highest BCUT2D eigenvalue weighted by molar-refractivity contribution is 7.16. The van der Waals surface area contributed by atoms with Gasteiger partial charge in [0.15, 0.2) is 5.13 Å². The molecule has 2 aromatic heterocycles. The molecule has 0 unspecified atom stereocenters. The summed E-state index contributed by atoms with van der Waals surface area (Å²) in [5.41, 5.74) is 2.22. The summed E-state index contributed by atoms with van der Waals surface area (Å²) in [7, 11) is 0. The average molecular weight is 314 g/mol. The molecule has 1 saturated heterocycles. The van der Waals surface area contributed by atoms with Crippen LogP contribution in [0, 0.1) is 18.3 Å². The Balaban J connectivity index is 1.72. The molecule has 0 radical (unpaired) electrons. The number of hydrogen-bond donors (Lipinski definition) is 2. The molecule has 0 spiro atoms. The van der Waals surface area contributed by atoms with Crippen LogP contribution in [-0.4, -0.2) is 41.0 Å². The van der Waals surface area contributed by atoms with Crippen LogP contribution in [0.25, 0.3) is 0 Å². The maximum atomic E-state index is 8.85. The zero-order chi connectivity index (χ0) is 15.4. The third-order valence-electron chi connectivity index (χ3n) is 3.48. The Morgan fingerprint density at radius 2 is 2.23 bits per heavy atom. The minimum atomic E-state index is 0.594. The fraction of sp³-hybridized carbons (Fsp3) is 0.400. The molecule has 2 aromatic rings. The van der Waals surface area contributed by atoms with Crippen LogP contribution >= 0.6 is 11.3 Å². The van der Waals surface area contributed by atoms with E-state index in [1.807, 2.05) is 6.92 Å². The van der Waals surface area contributed by atoms with Gasteiger partial charge in [0.2, 0.25) is 0 Å². The second-order valence-electron chi connectivity index (χ2n) is 5.29. The number of aromatic nitrogens is 2. The Labute approximate surface area is 133 Å². The van der Waals surface area contributed by atoms with E-state index in [2.05, 4.69) is 43.7 Å². The molecular weight excluding hydrogens is 296 g/mol. The van der Waals surface area contributed by atoms with Gasteiger partial charge >= 0.3 is 0 Å². The Bertz CT molecular complexity index is 684. The van der Waals surface area contributed by atoms with Crippen LogP contribution in [0.4, 0.5) is 10.9 Å². The van der Waals surface area contributed by atoms with Crippen molar-refractivity contribution in [2.45, 2.75) is 13.5 Å². The molecule has 3 rings (SSSR count). The first-order valence-corrected chi connectivity index (χ1v) is 8.08. The van der Waals surface area contributed by atoms with E-state index in [1.165, 1.54) is 16.9 Å². The standard InChI is InChI=1S/C15H18N6S/c1-11-6-12(10-21-4-2-17-3-5-21)7-14(19-11)20-15-18-9-13(8-16)22-15/h6-7,9,17H,2-5,10H2,1H3,(H,18,19,20). The minimum absolute atomic E-state index is 0.594. The normalized spacial score (nSPS) is 15.5. The fourth-order valence-corrected chi connectivity index (χ4v) is 3.14. The highest BCUT2D eigenvalue weighted by atomic mass is 32.1. The van der Waals surface area contributed by atoms with Crippen molar-refractivity contribution >= 4 is 22.3 Å². The number of thiazole rings is 1. The number of nitriles is 1. The smallest absolute Gasteiger partial charge is 0.189 e. The zero-order valence-corrected chi connectivity index (χ0v) is 13.3. The first-order chi connectivity index (χ1) is 10.7. The van der Waals surface area contributed by atoms with E-state index in [-0.39, 0.29) is 0 Å². The molecule has 3 heterocycles. The van der Waals surface area contributed by atoms with Crippen molar-refractivity contribution in [2.75, 3.05) is 31.5 Å². The number of aryl methyl sites for hydroxylation is 1. The van der Waals surface area contributed by atoms with Crippen LogP contribution in [0.3, 0.4) is 0 Å². The topological polar surface area (TPSA) is 76.9 Å². The summed E-state index contributed by atoms with van der Waals surface area (Å²) < 4.78 is 0. The summed E-state index contributed by atoms with van der Waals surface area (Å²) >= 11 is 1.33. The number of anilines is 2. The lowest BCUT2D eigenvalue weighted by Crippen LogP contribution is -2.42. The number of nitrogens with zero attached hydrogens (tertiary/aromatic N) is 4. The number of piperazine rings is 1. The maximum absolute atomic E-state index is 8.85. The van der Waals surface area contributed by atoms with Gasteiger partial charge in [-0.25, -0.2) is 9.97 Å². The molecule has 6 nitrogen and oxygen atoms in total. The van der Waals surface area contributed by atoms with E-state index in [9.17, 15) is 0 Å². The summed E-state index contributed by atoms with van der Waals surface area (Å²) in [5, 5.41) is 16.1. The predicted molar refractivity (Wildman–Crippen MR) is 87.2 cm³/mol. The van der Waals surface area contributed by atoms with Crippen LogP contribution in [0.15, 0.2) is 18.3 Å². The van der Waals surface area contributed by atoms with Gasteiger partial charge in [0.25, 0.3) is 0 Å². The Hall–Kier alpha value is -2.01. The molecule has 1 aliphatic heterocycles. The first-order valence-electron chi connectivity index (χ1n) is 7.26. The van der Waals surface area contributed by atoms with Crippen molar-refractivity contribution in [3.8, 4) is 6.07 Å². The summed E-state index contributed by atoms with van der Waals surface area (Å²) in [6, 6.07) is 6.27. The second-order valence-corrected chi connectivity index (χ2v) is 6.33. The van der Waals surface area contributed by atoms with Crippen molar-refractivity contribution < 1.29 is 0 Å². The Kier molecular flexibility index (Phi) is 4.63. The third kappa shape index (κ3) is 3.80. The highest BCUT2D eigenvalue weighted by Gasteiger charge is 2.11. The molecule has 0 bridgehead atoms. The lowest BCUT2D eigenvalue weighted by molar-refractivity contribution is 0.233. The quantitative estimate of drug-likeness (QED) is 0.897. The number of nitrogens with one attached hydrogen (secondary N) is 2. The highest BCUT2D eigenvalue weighted by Crippen LogP contribution is 2.22. The Morgan fingerprint density at radius 3 is 2.95 bits per heavy atom. The largest absolute Gasteiger partial charge is 0.316 e. The van der Waals surface area contributed by atoms with E-state index in [1.54, 1.807) is 6.20 Å². The molecule has 114 valence electrons. The van der Waals surface area contributed by atoms with E-state index in [0.29, 0.717) is 10.0 Å². The number of hydrogen-bond acceptors (Lipinski definition) is 7. The summed E-state index contributed by atoms with van der Waals surface area (Å²) in [6.07, 6.45) is 1.57. The lowest BCUT2D eigenvalue weighted by Gasteiger charge is -2.27. The van der Waals surface area contributed by atoms with Gasteiger partial charge in [-0.05, 0) is 24.6 Å². The Morgan fingerprint density at radius 1 is 1.41 bits per heavy atom. The maximum Gasteiger partial charge on any atom is 0.189 e. The summed E-state index contributed by atoms with van der Waals surface area (Å²) in [5.74, 6) is 0.781. The molecule has 0 saturated carbocycles. The summed E-state index contributed by atoms with van der Waals surface area (Å²) in [6.45, 7) is 7.16. The molecule has 1 fully saturated rings.